The SMILES string of the molecule is CC1CCCC(CNC(=O)c2cccc(Br)c2)C1. The quantitative estimate of drug-likeness (QED) is 0.898. The van der Waals surface area contributed by atoms with Crippen LogP contribution in [0.15, 0.2) is 28.7 Å². The maximum atomic E-state index is 12.0. The smallest absolute Gasteiger partial charge is 0.251 e. The van der Waals surface area contributed by atoms with Crippen LogP contribution in [0.3, 0.4) is 0 Å². The van der Waals surface area contributed by atoms with Crippen molar-refractivity contribution in [3.8, 4) is 0 Å². The van der Waals surface area contributed by atoms with Gasteiger partial charge in [0.15, 0.2) is 0 Å². The van der Waals surface area contributed by atoms with Crippen LogP contribution in [-0.2, 0) is 0 Å². The Morgan fingerprint density at radius 1 is 1.44 bits per heavy atom. The van der Waals surface area contributed by atoms with Crippen molar-refractivity contribution in [1.29, 1.82) is 0 Å². The van der Waals surface area contributed by atoms with Gasteiger partial charge in [-0.15, -0.1) is 0 Å². The van der Waals surface area contributed by atoms with E-state index in [0.29, 0.717) is 5.92 Å². The molecule has 0 spiro atoms. The van der Waals surface area contributed by atoms with Crippen LogP contribution in [0.2, 0.25) is 0 Å². The molecule has 1 aromatic rings. The third-order valence-corrected chi connectivity index (χ3v) is 4.18. The summed E-state index contributed by atoms with van der Waals surface area (Å²) in [4.78, 5) is 12.0. The van der Waals surface area contributed by atoms with Crippen LogP contribution >= 0.6 is 15.9 Å². The predicted molar refractivity (Wildman–Crippen MR) is 77.6 cm³/mol. The lowest BCUT2D eigenvalue weighted by Gasteiger charge is -2.26. The first-order valence-corrected chi connectivity index (χ1v) is 7.48. The monoisotopic (exact) mass is 309 g/mol. The molecule has 1 N–H and O–H groups in total. The van der Waals surface area contributed by atoms with Gasteiger partial charge in [0.1, 0.15) is 0 Å². The first-order valence-electron chi connectivity index (χ1n) is 6.69. The van der Waals surface area contributed by atoms with E-state index in [0.717, 1.165) is 22.5 Å². The van der Waals surface area contributed by atoms with Crippen LogP contribution in [-0.4, -0.2) is 12.5 Å². The molecule has 0 bridgehead atoms. The van der Waals surface area contributed by atoms with E-state index in [1.54, 1.807) is 0 Å². The summed E-state index contributed by atoms with van der Waals surface area (Å²) < 4.78 is 0.946. The molecule has 1 amide bonds. The van der Waals surface area contributed by atoms with Crippen molar-refractivity contribution in [1.82, 2.24) is 5.32 Å². The predicted octanol–water partition coefficient (Wildman–Crippen LogP) is 4.01. The standard InChI is InChI=1S/C15H20BrNO/c1-11-4-2-5-12(8-11)10-17-15(18)13-6-3-7-14(16)9-13/h3,6-7,9,11-12H,2,4-5,8,10H2,1H3,(H,17,18). The molecule has 0 radical (unpaired) electrons. The van der Waals surface area contributed by atoms with Gasteiger partial charge in [-0.1, -0.05) is 41.8 Å². The molecule has 1 aliphatic rings. The molecule has 1 aliphatic carbocycles. The molecule has 1 fully saturated rings. The molecule has 2 rings (SSSR count). The van der Waals surface area contributed by atoms with E-state index in [9.17, 15) is 4.79 Å². The molecule has 0 aliphatic heterocycles. The molecule has 0 saturated heterocycles. The summed E-state index contributed by atoms with van der Waals surface area (Å²) in [6, 6.07) is 7.53. The van der Waals surface area contributed by atoms with Crippen LogP contribution < -0.4 is 5.32 Å². The first kappa shape index (κ1) is 13.6. The second-order valence-electron chi connectivity index (χ2n) is 5.36. The fourth-order valence-corrected chi connectivity index (χ4v) is 3.11. The molecule has 0 heterocycles. The van der Waals surface area contributed by atoms with E-state index in [-0.39, 0.29) is 5.91 Å². The van der Waals surface area contributed by atoms with Crippen molar-refractivity contribution < 1.29 is 4.79 Å². The molecule has 18 heavy (non-hydrogen) atoms. The Hall–Kier alpha value is -0.830. The highest BCUT2D eigenvalue weighted by Crippen LogP contribution is 2.27. The van der Waals surface area contributed by atoms with Gasteiger partial charge >= 0.3 is 0 Å². The Kier molecular flexibility index (Phi) is 4.81. The van der Waals surface area contributed by atoms with E-state index < -0.39 is 0 Å². The largest absolute Gasteiger partial charge is 0.352 e. The van der Waals surface area contributed by atoms with Gasteiger partial charge in [-0.3, -0.25) is 4.79 Å². The van der Waals surface area contributed by atoms with Gasteiger partial charge in [0, 0.05) is 16.6 Å². The molecule has 1 aromatic carbocycles. The lowest BCUT2D eigenvalue weighted by molar-refractivity contribution is 0.0940. The normalized spacial score (nSPS) is 23.7. The number of rotatable bonds is 3. The number of carbonyl (C=O) groups is 1. The zero-order chi connectivity index (χ0) is 13.0. The van der Waals surface area contributed by atoms with Crippen LogP contribution in [0.1, 0.15) is 43.0 Å². The molecule has 2 atom stereocenters. The summed E-state index contributed by atoms with van der Waals surface area (Å²) in [5.41, 5.74) is 0.730. The molecule has 2 nitrogen and oxygen atoms in total. The molecule has 2 unspecified atom stereocenters. The van der Waals surface area contributed by atoms with Crippen molar-refractivity contribution >= 4 is 21.8 Å². The second kappa shape index (κ2) is 6.37. The number of amides is 1. The highest BCUT2D eigenvalue weighted by molar-refractivity contribution is 9.10. The van der Waals surface area contributed by atoms with Crippen LogP contribution in [0.5, 0.6) is 0 Å². The van der Waals surface area contributed by atoms with Gasteiger partial charge in [-0.05, 0) is 42.9 Å². The fraction of sp³-hybridized carbons (Fsp3) is 0.533. The summed E-state index contributed by atoms with van der Waals surface area (Å²) in [5, 5.41) is 3.06. The minimum atomic E-state index is 0.0366. The van der Waals surface area contributed by atoms with E-state index in [1.807, 2.05) is 24.3 Å². The van der Waals surface area contributed by atoms with Gasteiger partial charge in [-0.25, -0.2) is 0 Å². The lowest BCUT2D eigenvalue weighted by Crippen LogP contribution is -2.31. The highest BCUT2D eigenvalue weighted by Gasteiger charge is 2.19. The van der Waals surface area contributed by atoms with E-state index >= 15 is 0 Å². The van der Waals surface area contributed by atoms with Gasteiger partial charge in [0.05, 0.1) is 0 Å². The Morgan fingerprint density at radius 3 is 3.00 bits per heavy atom. The fourth-order valence-electron chi connectivity index (χ4n) is 2.71. The summed E-state index contributed by atoms with van der Waals surface area (Å²) in [5.74, 6) is 1.51. The zero-order valence-corrected chi connectivity index (χ0v) is 12.4. The molecular weight excluding hydrogens is 290 g/mol. The van der Waals surface area contributed by atoms with Crippen molar-refractivity contribution in [3.05, 3.63) is 34.3 Å². The maximum Gasteiger partial charge on any atom is 0.251 e. The Balaban J connectivity index is 1.84. The zero-order valence-electron chi connectivity index (χ0n) is 10.8. The second-order valence-corrected chi connectivity index (χ2v) is 6.27. The van der Waals surface area contributed by atoms with Crippen molar-refractivity contribution in [3.63, 3.8) is 0 Å². The van der Waals surface area contributed by atoms with Crippen LogP contribution in [0, 0.1) is 11.8 Å². The average Bonchev–Trinajstić information content (AvgIpc) is 2.36. The van der Waals surface area contributed by atoms with Crippen molar-refractivity contribution in [2.24, 2.45) is 11.8 Å². The summed E-state index contributed by atoms with van der Waals surface area (Å²) >= 11 is 3.39. The number of nitrogens with one attached hydrogen (secondary N) is 1. The Morgan fingerprint density at radius 2 is 2.28 bits per heavy atom. The summed E-state index contributed by atoms with van der Waals surface area (Å²) in [7, 11) is 0. The number of hydrogen-bond donors (Lipinski definition) is 1. The van der Waals surface area contributed by atoms with Gasteiger partial charge in [0.2, 0.25) is 0 Å². The molecule has 98 valence electrons. The number of hydrogen-bond acceptors (Lipinski definition) is 1. The maximum absolute atomic E-state index is 12.0. The lowest BCUT2D eigenvalue weighted by atomic mass is 9.82. The molecule has 0 aromatic heterocycles. The third-order valence-electron chi connectivity index (χ3n) is 3.68. The average molecular weight is 310 g/mol. The number of benzene rings is 1. The number of carbonyl (C=O) groups excluding carboxylic acids is 1. The molecular formula is C15H20BrNO. The minimum Gasteiger partial charge on any atom is -0.352 e. The molecule has 1 saturated carbocycles. The Bertz CT molecular complexity index is 419. The summed E-state index contributed by atoms with van der Waals surface area (Å²) in [6.45, 7) is 3.12. The Labute approximate surface area is 117 Å². The minimum absolute atomic E-state index is 0.0366. The van der Waals surface area contributed by atoms with Crippen LogP contribution in [0.25, 0.3) is 0 Å². The van der Waals surface area contributed by atoms with Crippen molar-refractivity contribution in [2.45, 2.75) is 32.6 Å². The van der Waals surface area contributed by atoms with Gasteiger partial charge in [-0.2, -0.15) is 0 Å². The van der Waals surface area contributed by atoms with E-state index in [2.05, 4.69) is 28.2 Å². The number of halogens is 1. The molecule has 3 heteroatoms. The van der Waals surface area contributed by atoms with Gasteiger partial charge < -0.3 is 5.32 Å². The summed E-state index contributed by atoms with van der Waals surface area (Å²) in [6.07, 6.45) is 5.15. The topological polar surface area (TPSA) is 29.1 Å². The van der Waals surface area contributed by atoms with Crippen molar-refractivity contribution in [2.75, 3.05) is 6.54 Å². The van der Waals surface area contributed by atoms with Gasteiger partial charge in [0.25, 0.3) is 5.91 Å². The highest BCUT2D eigenvalue weighted by atomic mass is 79.9. The van der Waals surface area contributed by atoms with E-state index in [1.165, 1.54) is 25.7 Å². The van der Waals surface area contributed by atoms with Crippen LogP contribution in [0.4, 0.5) is 0 Å². The third kappa shape index (κ3) is 3.84. The van der Waals surface area contributed by atoms with E-state index in [4.69, 9.17) is 0 Å². The first-order chi connectivity index (χ1) is 8.65.